The van der Waals surface area contributed by atoms with Gasteiger partial charge in [-0.15, -0.1) is 24.0 Å². The minimum absolute atomic E-state index is 0. The Hall–Kier alpha value is -2.14. The summed E-state index contributed by atoms with van der Waals surface area (Å²) in [6.45, 7) is -0.568. The number of methoxy groups -OCH3 is 1. The van der Waals surface area contributed by atoms with Crippen LogP contribution >= 0.6 is 24.0 Å². The van der Waals surface area contributed by atoms with Crippen LogP contribution < -0.4 is 20.7 Å². The molecule has 6 nitrogen and oxygen atoms in total. The fourth-order valence-corrected chi connectivity index (χ4v) is 2.48. The Bertz CT molecular complexity index is 746. The maximum absolute atomic E-state index is 12.5. The van der Waals surface area contributed by atoms with E-state index in [9.17, 15) is 8.78 Å². The van der Waals surface area contributed by atoms with Crippen LogP contribution in [0, 0.1) is 0 Å². The number of rotatable bonds is 10. The quantitative estimate of drug-likeness (QED) is 0.193. The van der Waals surface area contributed by atoms with E-state index >= 15 is 0 Å². The first-order valence-electron chi connectivity index (χ1n) is 8.91. The minimum atomic E-state index is -2.86. The molecule has 0 aliphatic rings. The summed E-state index contributed by atoms with van der Waals surface area (Å²) in [7, 11) is 3.32. The van der Waals surface area contributed by atoms with Crippen LogP contribution in [0.15, 0.2) is 53.5 Å². The van der Waals surface area contributed by atoms with Gasteiger partial charge in [-0.3, -0.25) is 4.99 Å². The highest BCUT2D eigenvalue weighted by Gasteiger charge is 2.09. The van der Waals surface area contributed by atoms with E-state index in [0.29, 0.717) is 31.2 Å². The maximum Gasteiger partial charge on any atom is 0.387 e. The first kappa shape index (κ1) is 24.9. The molecular formula is C20H27F2IN4O2. The molecule has 0 amide bonds. The highest BCUT2D eigenvalue weighted by molar-refractivity contribution is 14.0. The van der Waals surface area contributed by atoms with Gasteiger partial charge in [-0.2, -0.15) is 8.78 Å². The standard InChI is InChI=1S/C20H26F2N4O2.HI/c1-23-20(26-14-16-5-3-4-6-18(16)28-19(21)22)25-13-15-7-9-17(10-8-15)24-11-12-27-2;/h3-10,19,24H,11-14H2,1-2H3,(H2,23,25,26);1H. The SMILES string of the molecule is CN=C(NCc1ccc(NCCOC)cc1)NCc1ccccc1OC(F)F.I. The average Bonchev–Trinajstić information content (AvgIpc) is 2.70. The van der Waals surface area contributed by atoms with Crippen molar-refractivity contribution in [1.82, 2.24) is 10.6 Å². The van der Waals surface area contributed by atoms with Crippen molar-refractivity contribution in [2.45, 2.75) is 19.7 Å². The van der Waals surface area contributed by atoms with Gasteiger partial charge >= 0.3 is 6.61 Å². The zero-order valence-electron chi connectivity index (χ0n) is 16.5. The lowest BCUT2D eigenvalue weighted by atomic mass is 10.2. The Kier molecular flexibility index (Phi) is 12.0. The van der Waals surface area contributed by atoms with Gasteiger partial charge in [0.15, 0.2) is 5.96 Å². The van der Waals surface area contributed by atoms with Crippen molar-refractivity contribution in [1.29, 1.82) is 0 Å². The van der Waals surface area contributed by atoms with Crippen LogP contribution in [0.1, 0.15) is 11.1 Å². The molecular weight excluding hydrogens is 493 g/mol. The predicted molar refractivity (Wildman–Crippen MR) is 122 cm³/mol. The number of alkyl halides is 2. The number of anilines is 1. The number of para-hydroxylation sites is 1. The van der Waals surface area contributed by atoms with Gasteiger partial charge in [0.1, 0.15) is 5.75 Å². The molecule has 29 heavy (non-hydrogen) atoms. The van der Waals surface area contributed by atoms with E-state index in [-0.39, 0.29) is 29.7 Å². The van der Waals surface area contributed by atoms with Crippen molar-refractivity contribution in [2.75, 3.05) is 32.6 Å². The van der Waals surface area contributed by atoms with Crippen molar-refractivity contribution in [2.24, 2.45) is 4.99 Å². The summed E-state index contributed by atoms with van der Waals surface area (Å²) >= 11 is 0. The topological polar surface area (TPSA) is 66.9 Å². The summed E-state index contributed by atoms with van der Waals surface area (Å²) in [4.78, 5) is 4.16. The Morgan fingerprint density at radius 2 is 1.72 bits per heavy atom. The summed E-state index contributed by atoms with van der Waals surface area (Å²) in [6.07, 6.45) is 0. The molecule has 2 aromatic carbocycles. The van der Waals surface area contributed by atoms with E-state index in [2.05, 4.69) is 25.7 Å². The maximum atomic E-state index is 12.5. The summed E-state index contributed by atoms with van der Waals surface area (Å²) in [5, 5.41) is 9.56. The second-order valence-electron chi connectivity index (χ2n) is 5.88. The van der Waals surface area contributed by atoms with E-state index in [4.69, 9.17) is 4.74 Å². The molecule has 0 aliphatic carbocycles. The molecule has 0 saturated heterocycles. The third-order valence-corrected chi connectivity index (χ3v) is 3.91. The number of nitrogens with one attached hydrogen (secondary N) is 3. The van der Waals surface area contributed by atoms with Gasteiger partial charge in [-0.1, -0.05) is 30.3 Å². The van der Waals surface area contributed by atoms with Crippen LogP contribution in [0.25, 0.3) is 0 Å². The number of hydrogen-bond acceptors (Lipinski definition) is 4. The van der Waals surface area contributed by atoms with Crippen LogP contribution in [0.2, 0.25) is 0 Å². The number of hydrogen-bond donors (Lipinski definition) is 3. The van der Waals surface area contributed by atoms with Crippen molar-refractivity contribution in [3.8, 4) is 5.75 Å². The first-order chi connectivity index (χ1) is 13.6. The van der Waals surface area contributed by atoms with Gasteiger partial charge in [0.2, 0.25) is 0 Å². The number of ether oxygens (including phenoxy) is 2. The lowest BCUT2D eigenvalue weighted by Gasteiger charge is -2.15. The molecule has 0 bridgehead atoms. The monoisotopic (exact) mass is 520 g/mol. The Balaban J connectivity index is 0.00000420. The third-order valence-electron chi connectivity index (χ3n) is 3.91. The molecule has 0 spiro atoms. The van der Waals surface area contributed by atoms with Crippen LogP contribution in [0.5, 0.6) is 5.75 Å². The third kappa shape index (κ3) is 9.27. The molecule has 0 unspecified atom stereocenters. The zero-order chi connectivity index (χ0) is 20.2. The molecule has 160 valence electrons. The second kappa shape index (κ2) is 13.9. The second-order valence-corrected chi connectivity index (χ2v) is 5.88. The first-order valence-corrected chi connectivity index (χ1v) is 8.91. The zero-order valence-corrected chi connectivity index (χ0v) is 18.8. The molecule has 0 aliphatic heterocycles. The molecule has 0 aromatic heterocycles. The van der Waals surface area contributed by atoms with Crippen LogP contribution in [0.4, 0.5) is 14.5 Å². The lowest BCUT2D eigenvalue weighted by molar-refractivity contribution is -0.0504. The normalized spacial score (nSPS) is 11.0. The summed E-state index contributed by atoms with van der Waals surface area (Å²) in [5.74, 6) is 0.714. The van der Waals surface area contributed by atoms with Crippen LogP contribution in [-0.4, -0.2) is 39.9 Å². The summed E-state index contributed by atoms with van der Waals surface area (Å²) in [5.41, 5.74) is 2.73. The number of benzene rings is 2. The smallest absolute Gasteiger partial charge is 0.387 e. The predicted octanol–water partition coefficient (Wildman–Crippen LogP) is 3.83. The molecule has 2 aromatic rings. The summed E-state index contributed by atoms with van der Waals surface area (Å²) in [6, 6.07) is 14.7. The van der Waals surface area contributed by atoms with Gasteiger partial charge in [0.05, 0.1) is 6.61 Å². The molecule has 0 fully saturated rings. The number of halogens is 3. The van der Waals surface area contributed by atoms with Crippen LogP contribution in [0.3, 0.4) is 0 Å². The molecule has 0 heterocycles. The van der Waals surface area contributed by atoms with E-state index in [0.717, 1.165) is 17.8 Å². The molecule has 0 radical (unpaired) electrons. The Morgan fingerprint density at radius 1 is 1.03 bits per heavy atom. The van der Waals surface area contributed by atoms with Gasteiger partial charge in [-0.25, -0.2) is 0 Å². The average molecular weight is 520 g/mol. The fourth-order valence-electron chi connectivity index (χ4n) is 2.48. The Morgan fingerprint density at radius 3 is 2.38 bits per heavy atom. The van der Waals surface area contributed by atoms with Gasteiger partial charge in [0, 0.05) is 45.0 Å². The van der Waals surface area contributed by atoms with Gasteiger partial charge < -0.3 is 25.4 Å². The van der Waals surface area contributed by atoms with E-state index < -0.39 is 6.61 Å². The Labute approximate surface area is 187 Å². The van der Waals surface area contributed by atoms with Crippen molar-refractivity contribution in [3.05, 3.63) is 59.7 Å². The highest BCUT2D eigenvalue weighted by atomic mass is 127. The highest BCUT2D eigenvalue weighted by Crippen LogP contribution is 2.19. The molecule has 2 rings (SSSR count). The number of nitrogens with zero attached hydrogens (tertiary/aromatic N) is 1. The molecule has 0 saturated carbocycles. The molecule has 9 heteroatoms. The molecule has 3 N–H and O–H groups in total. The van der Waals surface area contributed by atoms with Gasteiger partial charge in [-0.05, 0) is 23.8 Å². The van der Waals surface area contributed by atoms with Gasteiger partial charge in [0.25, 0.3) is 0 Å². The van der Waals surface area contributed by atoms with E-state index in [1.165, 1.54) is 6.07 Å². The van der Waals surface area contributed by atoms with E-state index in [1.54, 1.807) is 32.4 Å². The fraction of sp³-hybridized carbons (Fsp3) is 0.350. The van der Waals surface area contributed by atoms with E-state index in [1.807, 2.05) is 24.3 Å². The van der Waals surface area contributed by atoms with Crippen molar-refractivity contribution >= 4 is 35.6 Å². The lowest BCUT2D eigenvalue weighted by Crippen LogP contribution is -2.36. The van der Waals surface area contributed by atoms with Crippen molar-refractivity contribution in [3.63, 3.8) is 0 Å². The van der Waals surface area contributed by atoms with Crippen LogP contribution in [-0.2, 0) is 17.8 Å². The largest absolute Gasteiger partial charge is 0.434 e. The minimum Gasteiger partial charge on any atom is -0.434 e. The number of guanidine groups is 1. The van der Waals surface area contributed by atoms with Crippen molar-refractivity contribution < 1.29 is 18.3 Å². The summed E-state index contributed by atoms with van der Waals surface area (Å²) < 4.78 is 34.5. The number of aliphatic imine (C=N–C) groups is 1. The molecule has 0 atom stereocenters.